The van der Waals surface area contributed by atoms with Crippen LogP contribution >= 0.6 is 0 Å². The van der Waals surface area contributed by atoms with Gasteiger partial charge in [-0.15, -0.1) is 0 Å². The highest BCUT2D eigenvalue weighted by Gasteiger charge is 2.29. The van der Waals surface area contributed by atoms with Gasteiger partial charge in [0, 0.05) is 31.2 Å². The summed E-state index contributed by atoms with van der Waals surface area (Å²) in [5.41, 5.74) is 1.64. The van der Waals surface area contributed by atoms with E-state index in [4.69, 9.17) is 0 Å². The van der Waals surface area contributed by atoms with Gasteiger partial charge in [0.25, 0.3) is 0 Å². The zero-order valence-electron chi connectivity index (χ0n) is 10.5. The van der Waals surface area contributed by atoms with E-state index in [1.165, 1.54) is 5.56 Å². The van der Waals surface area contributed by atoms with Crippen molar-refractivity contribution in [1.82, 2.24) is 10.2 Å². The Morgan fingerprint density at radius 1 is 1.31 bits per heavy atom. The van der Waals surface area contributed by atoms with Crippen molar-refractivity contribution in [3.63, 3.8) is 0 Å². The maximum absolute atomic E-state index is 3.63. The molecule has 0 unspecified atom stereocenters. The van der Waals surface area contributed by atoms with Gasteiger partial charge < -0.3 is 5.32 Å². The van der Waals surface area contributed by atoms with E-state index in [-0.39, 0.29) is 5.54 Å². The van der Waals surface area contributed by atoms with Crippen LogP contribution in [0.2, 0.25) is 0 Å². The summed E-state index contributed by atoms with van der Waals surface area (Å²) in [7, 11) is 0. The second-order valence-electron chi connectivity index (χ2n) is 5.58. The van der Waals surface area contributed by atoms with E-state index in [9.17, 15) is 0 Å². The Kier molecular flexibility index (Phi) is 3.31. The molecule has 2 nitrogen and oxygen atoms in total. The quantitative estimate of drug-likeness (QED) is 0.819. The molecular weight excluding hydrogens is 196 g/mol. The molecule has 1 aromatic rings. The number of hydrogen-bond acceptors (Lipinski definition) is 2. The summed E-state index contributed by atoms with van der Waals surface area (Å²) in [6, 6.07) is 11.3. The molecule has 0 bridgehead atoms. The van der Waals surface area contributed by atoms with Crippen LogP contribution in [-0.4, -0.2) is 29.6 Å². The molecule has 1 aliphatic rings. The molecule has 2 heteroatoms. The van der Waals surface area contributed by atoms with E-state index in [2.05, 4.69) is 61.3 Å². The van der Waals surface area contributed by atoms with Gasteiger partial charge in [0.1, 0.15) is 0 Å². The standard InChI is InChI=1S/C14H22N2/c1-12-9-16(11-14(2,3)15-12)10-13-7-5-4-6-8-13/h4-8,12,15H,9-11H2,1-3H3/t12-/m0/s1. The molecule has 2 rings (SSSR count). The van der Waals surface area contributed by atoms with Crippen molar-refractivity contribution in [2.75, 3.05) is 13.1 Å². The molecule has 16 heavy (non-hydrogen) atoms. The van der Waals surface area contributed by atoms with Crippen LogP contribution in [0.25, 0.3) is 0 Å². The molecule has 1 fully saturated rings. The predicted molar refractivity (Wildman–Crippen MR) is 68.4 cm³/mol. The third kappa shape index (κ3) is 3.06. The summed E-state index contributed by atoms with van der Waals surface area (Å²) in [6.45, 7) is 10.1. The molecule has 1 aromatic carbocycles. The summed E-state index contributed by atoms with van der Waals surface area (Å²) in [5.74, 6) is 0. The maximum atomic E-state index is 3.63. The molecule has 88 valence electrons. The summed E-state index contributed by atoms with van der Waals surface area (Å²) in [4.78, 5) is 2.54. The molecule has 1 N–H and O–H groups in total. The maximum Gasteiger partial charge on any atom is 0.0255 e. The fraction of sp³-hybridized carbons (Fsp3) is 0.571. The summed E-state index contributed by atoms with van der Waals surface area (Å²) < 4.78 is 0. The normalized spacial score (nSPS) is 25.6. The van der Waals surface area contributed by atoms with Crippen molar-refractivity contribution < 1.29 is 0 Å². The molecular formula is C14H22N2. The van der Waals surface area contributed by atoms with Gasteiger partial charge in [0.05, 0.1) is 0 Å². The first-order valence-electron chi connectivity index (χ1n) is 6.09. The first-order chi connectivity index (χ1) is 7.55. The highest BCUT2D eigenvalue weighted by atomic mass is 15.2. The number of hydrogen-bond donors (Lipinski definition) is 1. The lowest BCUT2D eigenvalue weighted by atomic mass is 9.98. The number of piperazine rings is 1. The van der Waals surface area contributed by atoms with Crippen LogP contribution in [0, 0.1) is 0 Å². The number of nitrogens with one attached hydrogen (secondary N) is 1. The highest BCUT2D eigenvalue weighted by molar-refractivity contribution is 5.14. The Hall–Kier alpha value is -0.860. The smallest absolute Gasteiger partial charge is 0.0255 e. The van der Waals surface area contributed by atoms with Crippen molar-refractivity contribution in [2.45, 2.75) is 38.9 Å². The van der Waals surface area contributed by atoms with Gasteiger partial charge in [-0.2, -0.15) is 0 Å². The molecule has 1 saturated heterocycles. The zero-order valence-corrected chi connectivity index (χ0v) is 10.5. The Bertz CT molecular complexity index is 332. The fourth-order valence-electron chi connectivity index (χ4n) is 2.73. The lowest BCUT2D eigenvalue weighted by Crippen LogP contribution is -2.60. The Morgan fingerprint density at radius 3 is 2.62 bits per heavy atom. The first kappa shape index (κ1) is 11.6. The second-order valence-corrected chi connectivity index (χ2v) is 5.58. The van der Waals surface area contributed by atoms with E-state index in [1.807, 2.05) is 0 Å². The van der Waals surface area contributed by atoms with Crippen LogP contribution in [-0.2, 0) is 6.54 Å². The van der Waals surface area contributed by atoms with Crippen molar-refractivity contribution in [3.8, 4) is 0 Å². The number of nitrogens with zero attached hydrogens (tertiary/aromatic N) is 1. The van der Waals surface area contributed by atoms with Gasteiger partial charge in [-0.05, 0) is 26.3 Å². The monoisotopic (exact) mass is 218 g/mol. The summed E-state index contributed by atoms with van der Waals surface area (Å²) in [6.07, 6.45) is 0. The molecule has 0 amide bonds. The molecule has 1 aliphatic heterocycles. The van der Waals surface area contributed by atoms with Crippen molar-refractivity contribution >= 4 is 0 Å². The summed E-state index contributed by atoms with van der Waals surface area (Å²) in [5, 5.41) is 3.63. The van der Waals surface area contributed by atoms with Crippen LogP contribution in [0.1, 0.15) is 26.3 Å². The van der Waals surface area contributed by atoms with Crippen molar-refractivity contribution in [3.05, 3.63) is 35.9 Å². The molecule has 1 atom stereocenters. The second kappa shape index (κ2) is 4.56. The van der Waals surface area contributed by atoms with Gasteiger partial charge in [-0.25, -0.2) is 0 Å². The SMILES string of the molecule is C[C@H]1CN(Cc2ccccc2)CC(C)(C)N1. The van der Waals surface area contributed by atoms with Gasteiger partial charge in [-0.3, -0.25) is 4.90 Å². The molecule has 0 saturated carbocycles. The van der Waals surface area contributed by atoms with Crippen LogP contribution < -0.4 is 5.32 Å². The van der Waals surface area contributed by atoms with Crippen LogP contribution in [0.3, 0.4) is 0 Å². The van der Waals surface area contributed by atoms with Gasteiger partial charge in [0.2, 0.25) is 0 Å². The van der Waals surface area contributed by atoms with Gasteiger partial charge in [0.15, 0.2) is 0 Å². The zero-order chi connectivity index (χ0) is 11.6. The third-order valence-corrected chi connectivity index (χ3v) is 3.04. The Labute approximate surface area is 98.7 Å². The lowest BCUT2D eigenvalue weighted by Gasteiger charge is -2.42. The largest absolute Gasteiger partial charge is 0.307 e. The Balaban J connectivity index is 2.00. The molecule has 0 spiro atoms. The van der Waals surface area contributed by atoms with Gasteiger partial charge in [-0.1, -0.05) is 30.3 Å². The minimum Gasteiger partial charge on any atom is -0.307 e. The highest BCUT2D eigenvalue weighted by Crippen LogP contribution is 2.16. The fourth-order valence-corrected chi connectivity index (χ4v) is 2.73. The summed E-state index contributed by atoms with van der Waals surface area (Å²) >= 11 is 0. The first-order valence-corrected chi connectivity index (χ1v) is 6.09. The van der Waals surface area contributed by atoms with Crippen molar-refractivity contribution in [1.29, 1.82) is 0 Å². The van der Waals surface area contributed by atoms with E-state index in [1.54, 1.807) is 0 Å². The van der Waals surface area contributed by atoms with Crippen molar-refractivity contribution in [2.24, 2.45) is 0 Å². The minimum atomic E-state index is 0.229. The van der Waals surface area contributed by atoms with E-state index in [0.29, 0.717) is 6.04 Å². The third-order valence-electron chi connectivity index (χ3n) is 3.04. The van der Waals surface area contributed by atoms with Crippen LogP contribution in [0.5, 0.6) is 0 Å². The molecule has 0 aromatic heterocycles. The Morgan fingerprint density at radius 2 is 2.00 bits per heavy atom. The lowest BCUT2D eigenvalue weighted by molar-refractivity contribution is 0.117. The average Bonchev–Trinajstić information content (AvgIpc) is 2.15. The van der Waals surface area contributed by atoms with Gasteiger partial charge >= 0.3 is 0 Å². The number of benzene rings is 1. The minimum absolute atomic E-state index is 0.229. The molecule has 1 heterocycles. The molecule has 0 radical (unpaired) electrons. The predicted octanol–water partition coefficient (Wildman–Crippen LogP) is 2.26. The van der Waals surface area contributed by atoms with Crippen LogP contribution in [0.15, 0.2) is 30.3 Å². The van der Waals surface area contributed by atoms with E-state index < -0.39 is 0 Å². The number of rotatable bonds is 2. The molecule has 0 aliphatic carbocycles. The van der Waals surface area contributed by atoms with E-state index >= 15 is 0 Å². The topological polar surface area (TPSA) is 15.3 Å². The average molecular weight is 218 g/mol. The van der Waals surface area contributed by atoms with E-state index in [0.717, 1.165) is 19.6 Å². The van der Waals surface area contributed by atoms with Crippen LogP contribution in [0.4, 0.5) is 0 Å².